The van der Waals surface area contributed by atoms with E-state index in [-0.39, 0.29) is 104 Å². The largest absolute Gasteiger partial charge is 0.481 e. The highest BCUT2D eigenvalue weighted by molar-refractivity contribution is 6.13. The summed E-state index contributed by atoms with van der Waals surface area (Å²) >= 11 is 0. The number of amides is 7. The number of carbonyl (C=O) groups is 12. The molecule has 2 aliphatic rings. The number of aliphatic hydroxyl groups is 1. The summed E-state index contributed by atoms with van der Waals surface area (Å²) in [5.41, 5.74) is 1.52. The number of ketones is 4. The molecule has 7 amide bonds. The first-order valence-corrected chi connectivity index (χ1v) is 32.2. The number of rotatable bonds is 39. The van der Waals surface area contributed by atoms with Gasteiger partial charge in [-0.3, -0.25) is 57.6 Å². The minimum Gasteiger partial charge on any atom is -0.481 e. The van der Waals surface area contributed by atoms with Crippen molar-refractivity contribution in [2.75, 3.05) is 46.7 Å². The van der Waals surface area contributed by atoms with Crippen LogP contribution in [0.1, 0.15) is 157 Å². The molecule has 2 heterocycles. The average molecular weight is 1290 g/mol. The Hall–Kier alpha value is -7.50. The zero-order valence-electron chi connectivity index (χ0n) is 56.2. The van der Waals surface area contributed by atoms with Crippen molar-refractivity contribution in [1.29, 1.82) is 0 Å². The SMILES string of the molecule is CC[C@H](C)[C@@H]([C@@H](CC(=O)N1CCC[C@H]1[C@H](OC)[C@@H](C)C(=O)C[C@H](C)[C@@H](O)c1ccccc1)OC)N(C)C(=O)[C@@H](CC(=O)[C@H](C(C)C)N(C)C(=O)OCc1ccc(NC(=O)[C@H](CCC(=O)O)CC(=O)[C@H](C)NC(=O)[C@@H](C)CC(=O)CCN2C(=O)C=CC2=O)cc1)C(C)C. The van der Waals surface area contributed by atoms with Crippen LogP contribution in [-0.2, 0) is 73.6 Å². The zero-order valence-corrected chi connectivity index (χ0v) is 56.2. The first kappa shape index (κ1) is 77.0. The molecule has 2 aromatic rings. The van der Waals surface area contributed by atoms with Crippen LogP contribution < -0.4 is 10.6 Å². The van der Waals surface area contributed by atoms with Crippen molar-refractivity contribution in [1.82, 2.24) is 24.9 Å². The van der Waals surface area contributed by atoms with Crippen LogP contribution in [0.2, 0.25) is 0 Å². The maximum Gasteiger partial charge on any atom is 0.410 e. The van der Waals surface area contributed by atoms with Crippen LogP contribution in [0.4, 0.5) is 10.5 Å². The summed E-state index contributed by atoms with van der Waals surface area (Å²) in [5, 5.41) is 25.7. The Bertz CT molecular complexity index is 2900. The van der Waals surface area contributed by atoms with Gasteiger partial charge in [0.1, 0.15) is 18.2 Å². The summed E-state index contributed by atoms with van der Waals surface area (Å²) in [5.74, 6) is -10.0. The average Bonchev–Trinajstić information content (AvgIpc) is 1.29. The van der Waals surface area contributed by atoms with E-state index in [9.17, 15) is 67.7 Å². The Morgan fingerprint density at radius 3 is 1.90 bits per heavy atom. The smallest absolute Gasteiger partial charge is 0.410 e. The number of hydrogen-bond donors (Lipinski definition) is 4. The molecule has 2 aliphatic heterocycles. The highest BCUT2D eigenvalue weighted by Gasteiger charge is 2.44. The van der Waals surface area contributed by atoms with Crippen LogP contribution in [-0.4, -0.2) is 178 Å². The molecule has 92 heavy (non-hydrogen) atoms. The number of methoxy groups -OCH3 is 2. The number of carboxylic acid groups (broad SMARTS) is 1. The standard InChI is InChI=1S/C69H100N6O17/c1-15-42(6)63(57(90-13)38-60(82)74-32-19-22-53(74)65(91-14)45(9)54(77)35-43(7)64(85)48-20-17-16-18-21-48)72(11)68(88)52(40(2)3)37-56(79)62(41(4)5)73(12)69(89)92-39-47-23-26-50(27-24-47)71-67(87)49(25-30-61(83)84)36-55(78)46(10)70-66(86)44(8)34-51(76)31-33-75-58(80)28-29-59(75)81/h16-18,20-21,23-24,26-29,40-46,49,52-53,57,62-65,85H,15,19,22,25,30-39H2,1-14H3,(H,70,86)(H,71,87)(H,83,84)/t42-,43-,44-,45-,46-,49+,52-,53-,57+,62-,63-,64+,65+/m0/s1. The molecule has 23 nitrogen and oxygen atoms in total. The summed E-state index contributed by atoms with van der Waals surface area (Å²) in [6, 6.07) is 12.3. The maximum absolute atomic E-state index is 14.8. The second kappa shape index (κ2) is 36.7. The van der Waals surface area contributed by atoms with Crippen LogP contribution >= 0.6 is 0 Å². The molecule has 4 rings (SSSR count). The monoisotopic (exact) mass is 1280 g/mol. The van der Waals surface area contributed by atoms with Crippen molar-refractivity contribution in [3.63, 3.8) is 0 Å². The van der Waals surface area contributed by atoms with E-state index in [1.54, 1.807) is 49.9 Å². The lowest BCUT2D eigenvalue weighted by Gasteiger charge is -2.41. The van der Waals surface area contributed by atoms with Gasteiger partial charge >= 0.3 is 12.1 Å². The molecule has 0 unspecified atom stereocenters. The van der Waals surface area contributed by atoms with Gasteiger partial charge in [-0.15, -0.1) is 0 Å². The number of likely N-dealkylation sites (tertiary alicyclic amines) is 1. The summed E-state index contributed by atoms with van der Waals surface area (Å²) in [4.78, 5) is 164. The van der Waals surface area contributed by atoms with Crippen molar-refractivity contribution in [3.8, 4) is 0 Å². The number of aliphatic hydroxyl groups excluding tert-OH is 1. The van der Waals surface area contributed by atoms with Crippen molar-refractivity contribution >= 4 is 76.3 Å². The predicted octanol–water partition coefficient (Wildman–Crippen LogP) is 7.55. The van der Waals surface area contributed by atoms with Gasteiger partial charge in [-0.05, 0) is 73.1 Å². The van der Waals surface area contributed by atoms with Crippen LogP contribution in [0.3, 0.4) is 0 Å². The third-order valence-corrected chi connectivity index (χ3v) is 18.2. The molecule has 0 aromatic heterocycles. The summed E-state index contributed by atoms with van der Waals surface area (Å²) in [6.45, 7) is 17.9. The highest BCUT2D eigenvalue weighted by Crippen LogP contribution is 2.33. The van der Waals surface area contributed by atoms with Gasteiger partial charge in [0.2, 0.25) is 23.6 Å². The lowest BCUT2D eigenvalue weighted by Crippen LogP contribution is -2.54. The number of Topliss-reactive ketones (excluding diaryl/α,β-unsaturated/α-hetero) is 4. The van der Waals surface area contributed by atoms with E-state index < -0.39 is 126 Å². The number of hydrogen-bond acceptors (Lipinski definition) is 16. The van der Waals surface area contributed by atoms with Gasteiger partial charge in [0.05, 0.1) is 48.9 Å². The molecule has 1 fully saturated rings. The van der Waals surface area contributed by atoms with Crippen molar-refractivity contribution in [3.05, 3.63) is 77.9 Å². The van der Waals surface area contributed by atoms with Crippen LogP contribution in [0.25, 0.3) is 0 Å². The first-order valence-electron chi connectivity index (χ1n) is 32.2. The third kappa shape index (κ3) is 21.8. The Labute approximate surface area is 542 Å². The minimum absolute atomic E-state index is 0.0647. The molecule has 0 radical (unpaired) electrons. The fourth-order valence-electron chi connectivity index (χ4n) is 12.4. The van der Waals surface area contributed by atoms with Crippen LogP contribution in [0.5, 0.6) is 0 Å². The summed E-state index contributed by atoms with van der Waals surface area (Å²) in [6.07, 6.45) is -0.388. The third-order valence-electron chi connectivity index (χ3n) is 18.2. The fraction of sp³-hybridized carbons (Fsp3) is 0.623. The molecule has 0 bridgehead atoms. The minimum atomic E-state index is -1.19. The topological polar surface area (TPSA) is 310 Å². The number of imide groups is 1. The molecule has 508 valence electrons. The van der Waals surface area contributed by atoms with Gasteiger partial charge < -0.3 is 49.8 Å². The number of nitrogens with zero attached hydrogens (tertiary/aromatic N) is 4. The maximum atomic E-state index is 14.8. The Morgan fingerprint density at radius 2 is 1.34 bits per heavy atom. The Balaban J connectivity index is 1.35. The molecule has 0 spiro atoms. The molecular formula is C69H100N6O17. The molecule has 2 aromatic carbocycles. The molecule has 4 N–H and O–H groups in total. The number of aliphatic carboxylic acids is 1. The number of anilines is 1. The summed E-state index contributed by atoms with van der Waals surface area (Å²) in [7, 11) is 6.18. The zero-order chi connectivity index (χ0) is 68.8. The second-order valence-corrected chi connectivity index (χ2v) is 25.7. The fourth-order valence-corrected chi connectivity index (χ4v) is 12.4. The molecule has 1 saturated heterocycles. The predicted molar refractivity (Wildman–Crippen MR) is 343 cm³/mol. The number of likely N-dealkylation sites (N-methyl/N-ethyl adjacent to an activating group) is 2. The summed E-state index contributed by atoms with van der Waals surface area (Å²) < 4.78 is 17.8. The van der Waals surface area contributed by atoms with Crippen molar-refractivity contribution in [2.24, 2.45) is 47.3 Å². The van der Waals surface area contributed by atoms with Crippen LogP contribution in [0.15, 0.2) is 66.7 Å². The molecule has 0 aliphatic carbocycles. The van der Waals surface area contributed by atoms with E-state index in [0.717, 1.165) is 22.6 Å². The first-order chi connectivity index (χ1) is 43.4. The highest BCUT2D eigenvalue weighted by atomic mass is 16.6. The quantitative estimate of drug-likeness (QED) is 0.0469. The Kier molecular flexibility index (Phi) is 30.7. The lowest BCUT2D eigenvalue weighted by molar-refractivity contribution is -0.149. The number of benzene rings is 2. The van der Waals surface area contributed by atoms with E-state index in [1.165, 1.54) is 45.0 Å². The van der Waals surface area contributed by atoms with E-state index in [2.05, 4.69) is 10.6 Å². The molecule has 0 saturated carbocycles. The van der Waals surface area contributed by atoms with E-state index >= 15 is 0 Å². The van der Waals surface area contributed by atoms with Gasteiger partial charge in [0, 0.05) is 121 Å². The Morgan fingerprint density at radius 1 is 0.707 bits per heavy atom. The number of carbonyl (C=O) groups excluding carboxylic acids is 11. The van der Waals surface area contributed by atoms with E-state index in [4.69, 9.17) is 14.2 Å². The molecule has 23 heteroatoms. The second-order valence-electron chi connectivity index (χ2n) is 25.7. The van der Waals surface area contributed by atoms with Gasteiger partial charge in [-0.2, -0.15) is 0 Å². The number of ether oxygens (including phenoxy) is 3. The molecule has 13 atom stereocenters. The number of carboxylic acids is 1. The molecular weight excluding hydrogens is 1180 g/mol. The number of nitrogens with one attached hydrogen (secondary N) is 2. The van der Waals surface area contributed by atoms with Gasteiger partial charge in [-0.25, -0.2) is 4.79 Å². The van der Waals surface area contributed by atoms with E-state index in [1.807, 2.05) is 71.9 Å². The van der Waals surface area contributed by atoms with E-state index in [0.29, 0.717) is 31.4 Å². The lowest BCUT2D eigenvalue weighted by atomic mass is 9.83. The van der Waals surface area contributed by atoms with Crippen molar-refractivity contribution < 1.29 is 82.0 Å². The van der Waals surface area contributed by atoms with Crippen molar-refractivity contribution in [2.45, 2.75) is 189 Å². The van der Waals surface area contributed by atoms with Gasteiger partial charge in [-0.1, -0.05) is 111 Å². The van der Waals surface area contributed by atoms with Crippen LogP contribution in [0, 0.1) is 47.3 Å². The van der Waals surface area contributed by atoms with Gasteiger partial charge in [0.15, 0.2) is 11.6 Å². The normalized spacial score (nSPS) is 17.9. The van der Waals surface area contributed by atoms with Gasteiger partial charge in [0.25, 0.3) is 11.8 Å².